The third-order valence-electron chi connectivity index (χ3n) is 18.5. The smallest absolute Gasteiger partial charge is 0.307 e. The van der Waals surface area contributed by atoms with Gasteiger partial charge in [-0.1, -0.05) is 69.2 Å². The Morgan fingerprint density at radius 2 is 1.11 bits per heavy atom. The second-order valence-electron chi connectivity index (χ2n) is 24.6. The average molecular weight is 1130 g/mol. The van der Waals surface area contributed by atoms with Crippen molar-refractivity contribution in [2.75, 3.05) is 39.6 Å². The molecule has 18 heteroatoms. The highest BCUT2D eigenvalue weighted by Gasteiger charge is 2.70. The quantitative estimate of drug-likeness (QED) is 0.0567. The van der Waals surface area contributed by atoms with E-state index in [1.165, 1.54) is 0 Å². The lowest BCUT2D eigenvalue weighted by molar-refractivity contribution is -0.152. The third kappa shape index (κ3) is 12.8. The van der Waals surface area contributed by atoms with Gasteiger partial charge in [0.2, 0.25) is 0 Å². The lowest BCUT2D eigenvalue weighted by Crippen LogP contribution is -2.55. The summed E-state index contributed by atoms with van der Waals surface area (Å²) in [6, 6.07) is -0.890. The number of rotatable bonds is 28. The number of hydrogen-bond acceptors (Lipinski definition) is 18. The van der Waals surface area contributed by atoms with Gasteiger partial charge in [0.25, 0.3) is 0 Å². The van der Waals surface area contributed by atoms with E-state index in [1.807, 2.05) is 89.2 Å². The Bertz CT molecular complexity index is 2610. The zero-order valence-electron chi connectivity index (χ0n) is 51.2. The van der Waals surface area contributed by atoms with Crippen LogP contribution in [0.1, 0.15) is 206 Å². The van der Waals surface area contributed by atoms with E-state index in [-0.39, 0.29) is 110 Å². The molecule has 450 valence electrons. The molecule has 6 aliphatic heterocycles. The summed E-state index contributed by atoms with van der Waals surface area (Å²) in [6.45, 7) is 28.9. The molecule has 0 radical (unpaired) electrons. The molecule has 8 bridgehead atoms. The predicted octanol–water partition coefficient (Wildman–Crippen LogP) is 10.7. The Morgan fingerprint density at radius 3 is 1.64 bits per heavy atom. The van der Waals surface area contributed by atoms with Gasteiger partial charge in [0.15, 0.2) is 5.60 Å². The monoisotopic (exact) mass is 1130 g/mol. The molecule has 0 unspecified atom stereocenters. The molecule has 0 aromatic rings. The van der Waals surface area contributed by atoms with E-state index in [2.05, 4.69) is 19.2 Å². The average Bonchev–Trinajstić information content (AvgIpc) is 1.95. The molecule has 1 N–H and O–H groups in total. The second-order valence-corrected chi connectivity index (χ2v) is 24.6. The van der Waals surface area contributed by atoms with Gasteiger partial charge in [-0.25, -0.2) is 0 Å². The Labute approximate surface area is 480 Å². The number of carbonyl (C=O) groups excluding carboxylic acids is 7. The number of carbonyl (C=O) groups is 7. The summed E-state index contributed by atoms with van der Waals surface area (Å²) in [6.07, 6.45) is 5.97. The maximum atomic E-state index is 14.6. The Kier molecular flexibility index (Phi) is 21.3. The summed E-state index contributed by atoms with van der Waals surface area (Å²) in [4.78, 5) is 115. The van der Waals surface area contributed by atoms with E-state index in [0.717, 1.165) is 0 Å². The molecule has 6 aliphatic rings. The minimum atomic E-state index is -1.45. The van der Waals surface area contributed by atoms with Crippen LogP contribution in [0.4, 0.5) is 0 Å². The van der Waals surface area contributed by atoms with Gasteiger partial charge in [-0.15, -0.1) is 0 Å². The molecule has 0 aromatic heterocycles. The third-order valence-corrected chi connectivity index (χ3v) is 18.5. The Hall–Kier alpha value is -5.68. The van der Waals surface area contributed by atoms with Crippen molar-refractivity contribution in [1.29, 1.82) is 0 Å². The number of aliphatic imine (C=N–C) groups is 3. The number of hydrogen-bond donors (Lipinski definition) is 1. The van der Waals surface area contributed by atoms with Crippen molar-refractivity contribution in [2.45, 2.75) is 223 Å². The van der Waals surface area contributed by atoms with Crippen molar-refractivity contribution in [3.63, 3.8) is 0 Å². The van der Waals surface area contributed by atoms with E-state index in [9.17, 15) is 33.6 Å². The molecular weight excluding hydrogens is 1040 g/mol. The molecule has 9 atom stereocenters. The molecule has 81 heavy (non-hydrogen) atoms. The van der Waals surface area contributed by atoms with E-state index in [0.29, 0.717) is 90.3 Å². The lowest BCUT2D eigenvalue weighted by atomic mass is 9.55. The molecule has 0 aromatic carbocycles. The van der Waals surface area contributed by atoms with E-state index < -0.39 is 92.4 Å². The number of fused-ring (bicyclic) bond motifs is 9. The number of esters is 7. The normalized spacial score (nSPS) is 30.6. The van der Waals surface area contributed by atoms with Gasteiger partial charge >= 0.3 is 41.8 Å². The van der Waals surface area contributed by atoms with Gasteiger partial charge in [0, 0.05) is 94.6 Å². The fraction of sp³-hybridized carbons (Fsp3) is 0.746. The van der Waals surface area contributed by atoms with E-state index in [1.54, 1.807) is 0 Å². The molecular formula is C63H94N4O14. The maximum Gasteiger partial charge on any atom is 0.307 e. The largest absolute Gasteiger partial charge is 0.466 e. The van der Waals surface area contributed by atoms with Crippen LogP contribution in [0.25, 0.3) is 0 Å². The molecule has 6 rings (SSSR count). The van der Waals surface area contributed by atoms with Crippen molar-refractivity contribution in [3.05, 3.63) is 34.3 Å². The van der Waals surface area contributed by atoms with E-state index in [4.69, 9.17) is 48.1 Å². The first-order chi connectivity index (χ1) is 38.3. The molecule has 2 saturated heterocycles. The van der Waals surface area contributed by atoms with Crippen LogP contribution in [0.2, 0.25) is 0 Å². The fourth-order valence-electron chi connectivity index (χ4n) is 13.8. The summed E-state index contributed by atoms with van der Waals surface area (Å²) in [5.41, 5.74) is -2.23. The summed E-state index contributed by atoms with van der Waals surface area (Å²) in [7, 11) is 0. The van der Waals surface area contributed by atoms with Gasteiger partial charge in [0.05, 0.1) is 81.6 Å². The van der Waals surface area contributed by atoms with Crippen LogP contribution in [-0.2, 0) is 66.7 Å². The molecule has 2 fully saturated rings. The minimum Gasteiger partial charge on any atom is -0.466 e. The van der Waals surface area contributed by atoms with Crippen molar-refractivity contribution in [2.24, 2.45) is 54.4 Å². The highest BCUT2D eigenvalue weighted by atomic mass is 16.6. The number of ether oxygens (including phenoxy) is 7. The topological polar surface area (TPSA) is 233 Å². The molecule has 18 nitrogen and oxygen atoms in total. The van der Waals surface area contributed by atoms with Crippen LogP contribution in [0.3, 0.4) is 0 Å². The second kappa shape index (κ2) is 26.7. The molecule has 0 saturated carbocycles. The first-order valence-electron chi connectivity index (χ1n) is 30.2. The summed E-state index contributed by atoms with van der Waals surface area (Å²) < 4.78 is 41.2. The van der Waals surface area contributed by atoms with Crippen molar-refractivity contribution in [1.82, 2.24) is 5.32 Å². The zero-order valence-corrected chi connectivity index (χ0v) is 51.2. The standard InChI is InChI=1S/C63H94N4O14/c1-15-29-75-46(68)23-21-41-53-39(7)55-59(11,27-25-48(70)77-31-17-3)43(35-50(72)79-33-19-5)57(66-55)62(14)60(12,37-51(73)80-34-20-6)42(22-24-47(69)76-30-16-2)54(67-62)40(8)56-61(13)38-52(74)81-63(61,28-26-49(71)78-32-18-4)45(65-56)36-44(64-53)58(41,9)10/h36,41-43,57,65H,15-35,37-38H2,1-14H3/b45-36?,53-39?,56-40-/t41-,42-,43+,57-,59-,60+,61-,62+,63+/m1/s1. The van der Waals surface area contributed by atoms with Crippen LogP contribution in [0, 0.1) is 39.4 Å². The van der Waals surface area contributed by atoms with Gasteiger partial charge in [0.1, 0.15) is 0 Å². The number of nitrogens with zero attached hydrogens (tertiary/aromatic N) is 3. The lowest BCUT2D eigenvalue weighted by Gasteiger charge is -2.48. The van der Waals surface area contributed by atoms with Crippen LogP contribution < -0.4 is 5.32 Å². The first kappa shape index (κ1) is 64.5. The first-order valence-corrected chi connectivity index (χ1v) is 30.2. The Morgan fingerprint density at radius 1 is 0.630 bits per heavy atom. The highest BCUT2D eigenvalue weighted by molar-refractivity contribution is 6.10. The molecule has 0 amide bonds. The SMILES string of the molecule is CCCOC(=O)CC[C@@H]1C2=C(C)C3=N[C@H]([C@H](CC(=O)OCCC)[C@@]3(C)CCC(=O)OCCC)[C@]3(C)N=C(/C(C)=C4\NC(=CC(=N2)C1(C)C)[C@]1(CCC(=O)OCCC)OC(=O)C[C@]41C)[C@@H](CCC(=O)OCCC)[C@]3(C)CC(=O)OCCC. The summed E-state index contributed by atoms with van der Waals surface area (Å²) in [5, 5.41) is 3.79. The van der Waals surface area contributed by atoms with Crippen molar-refractivity contribution >= 4 is 58.9 Å². The Balaban J connectivity index is 1.78. The fourth-order valence-corrected chi connectivity index (χ4v) is 13.8. The maximum absolute atomic E-state index is 14.6. The van der Waals surface area contributed by atoms with Crippen LogP contribution >= 0.6 is 0 Å². The van der Waals surface area contributed by atoms with Crippen LogP contribution in [0.5, 0.6) is 0 Å². The summed E-state index contributed by atoms with van der Waals surface area (Å²) in [5.74, 6) is -4.82. The van der Waals surface area contributed by atoms with Crippen molar-refractivity contribution < 1.29 is 66.7 Å². The molecule has 6 heterocycles. The number of allylic oxidation sites excluding steroid dienone is 4. The molecule has 0 spiro atoms. The highest BCUT2D eigenvalue weighted by Crippen LogP contribution is 2.64. The van der Waals surface area contributed by atoms with Crippen molar-refractivity contribution in [3.8, 4) is 0 Å². The van der Waals surface area contributed by atoms with Crippen LogP contribution in [-0.4, -0.2) is 116 Å². The van der Waals surface area contributed by atoms with Gasteiger partial charge in [-0.2, -0.15) is 0 Å². The van der Waals surface area contributed by atoms with Crippen LogP contribution in [0.15, 0.2) is 49.3 Å². The number of nitrogens with one attached hydrogen (secondary N) is 1. The van der Waals surface area contributed by atoms with E-state index >= 15 is 0 Å². The van der Waals surface area contributed by atoms with Gasteiger partial charge in [-0.3, -0.25) is 48.5 Å². The zero-order chi connectivity index (χ0) is 59.7. The molecule has 0 aliphatic carbocycles. The van der Waals surface area contributed by atoms with Gasteiger partial charge < -0.3 is 38.5 Å². The predicted molar refractivity (Wildman–Crippen MR) is 307 cm³/mol. The van der Waals surface area contributed by atoms with Gasteiger partial charge in [-0.05, 0) is 103 Å². The summed E-state index contributed by atoms with van der Waals surface area (Å²) >= 11 is 0. The minimum absolute atomic E-state index is 0.0131.